The van der Waals surface area contributed by atoms with Gasteiger partial charge in [0.15, 0.2) is 6.61 Å². The molecule has 0 aliphatic rings. The Balaban J connectivity index is 1.82. The number of rotatable bonds is 6. The Bertz CT molecular complexity index is 1020. The molecule has 0 spiro atoms. The summed E-state index contributed by atoms with van der Waals surface area (Å²) < 4.78 is 58.0. The molecule has 1 atom stereocenters. The van der Waals surface area contributed by atoms with Crippen LogP contribution in [0.1, 0.15) is 5.56 Å². The summed E-state index contributed by atoms with van der Waals surface area (Å²) in [6, 6.07) is 5.33. The van der Waals surface area contributed by atoms with Crippen LogP contribution in [0.15, 0.2) is 47.5 Å². The van der Waals surface area contributed by atoms with E-state index in [1.807, 2.05) is 0 Å². The van der Waals surface area contributed by atoms with Gasteiger partial charge in [-0.15, -0.1) is 0 Å². The van der Waals surface area contributed by atoms with Gasteiger partial charge in [-0.3, -0.25) is 4.79 Å². The van der Waals surface area contributed by atoms with Crippen molar-refractivity contribution in [1.82, 2.24) is 19.7 Å². The normalized spacial score (nSPS) is 11.5. The van der Waals surface area contributed by atoms with E-state index in [-0.39, 0.29) is 18.1 Å². The van der Waals surface area contributed by atoms with Crippen LogP contribution in [0.25, 0.3) is 11.3 Å². The molecule has 2 heterocycles. The highest BCUT2D eigenvalue weighted by Gasteiger charge is 2.22. The smallest absolute Gasteiger partial charge is 0.316 e. The molecule has 0 fully saturated rings. The molecule has 0 N–H and O–H groups in total. The van der Waals surface area contributed by atoms with Crippen molar-refractivity contribution in [1.29, 1.82) is 0 Å². The minimum absolute atomic E-state index is 0.146. The van der Waals surface area contributed by atoms with Gasteiger partial charge in [0, 0.05) is 30.1 Å². The van der Waals surface area contributed by atoms with Crippen molar-refractivity contribution < 1.29 is 22.3 Å². The first-order chi connectivity index (χ1) is 13.2. The number of nitrogens with zero attached hydrogens (tertiary/aromatic N) is 4. The van der Waals surface area contributed by atoms with Crippen LogP contribution in [0.3, 0.4) is 0 Å². The van der Waals surface area contributed by atoms with E-state index in [4.69, 9.17) is 4.74 Å². The molecule has 0 amide bonds. The van der Waals surface area contributed by atoms with Crippen molar-refractivity contribution in [3.05, 3.63) is 70.3 Å². The van der Waals surface area contributed by atoms with E-state index in [0.29, 0.717) is 11.3 Å². The maximum Gasteiger partial charge on any atom is 0.316 e. The molecule has 3 aromatic rings. The van der Waals surface area contributed by atoms with Gasteiger partial charge in [-0.2, -0.15) is 13.9 Å². The average molecular weight is 412 g/mol. The van der Waals surface area contributed by atoms with E-state index in [2.05, 4.69) is 15.1 Å². The molecule has 0 saturated carbocycles. The van der Waals surface area contributed by atoms with Crippen LogP contribution < -0.4 is 10.3 Å². The molecule has 6 nitrogen and oxygen atoms in total. The lowest BCUT2D eigenvalue weighted by Crippen LogP contribution is -2.23. The zero-order valence-corrected chi connectivity index (χ0v) is 15.3. The van der Waals surface area contributed by atoms with Gasteiger partial charge in [0.05, 0.1) is 12.2 Å². The molecule has 0 radical (unpaired) electrons. The standard InChI is InChI=1S/C17H13F4N4O2P/c18-12-3-10(4-13(19)5-12)8-25-15(26)2-1-14(24-25)11-6-22-16(23-7-11)27-9-17(20,21)28/h1-7H,8-9,28H2. The van der Waals surface area contributed by atoms with Crippen LogP contribution in [-0.2, 0) is 6.54 Å². The van der Waals surface area contributed by atoms with Gasteiger partial charge < -0.3 is 4.74 Å². The van der Waals surface area contributed by atoms with E-state index in [1.165, 1.54) is 33.8 Å². The second kappa shape index (κ2) is 8.02. The quantitative estimate of drug-likeness (QED) is 0.460. The SMILES string of the molecule is O=c1ccc(-c2cnc(OCC(F)(F)P)nc2)nn1Cc1cc(F)cc(F)c1. The molecule has 0 aliphatic carbocycles. The van der Waals surface area contributed by atoms with Crippen molar-refractivity contribution in [3.63, 3.8) is 0 Å². The van der Waals surface area contributed by atoms with Crippen LogP contribution in [0.5, 0.6) is 6.01 Å². The topological polar surface area (TPSA) is 69.9 Å². The molecule has 1 aromatic carbocycles. The third-order valence-electron chi connectivity index (χ3n) is 3.44. The number of alkyl halides is 2. The van der Waals surface area contributed by atoms with Crippen LogP contribution in [0, 0.1) is 11.6 Å². The predicted molar refractivity (Wildman–Crippen MR) is 95.1 cm³/mol. The Morgan fingerprint density at radius 3 is 2.32 bits per heavy atom. The predicted octanol–water partition coefficient (Wildman–Crippen LogP) is 2.87. The summed E-state index contributed by atoms with van der Waals surface area (Å²) in [5.74, 6) is -1.53. The van der Waals surface area contributed by atoms with E-state index in [1.54, 1.807) is 0 Å². The fourth-order valence-corrected chi connectivity index (χ4v) is 2.36. The number of aromatic nitrogens is 4. The zero-order valence-electron chi connectivity index (χ0n) is 14.2. The Morgan fingerprint density at radius 2 is 1.71 bits per heavy atom. The van der Waals surface area contributed by atoms with Gasteiger partial charge in [-0.05, 0) is 23.8 Å². The minimum atomic E-state index is -3.10. The van der Waals surface area contributed by atoms with Gasteiger partial charge in [0.25, 0.3) is 11.2 Å². The Hall–Kier alpha value is -2.87. The van der Waals surface area contributed by atoms with Crippen molar-refractivity contribution in [3.8, 4) is 17.3 Å². The van der Waals surface area contributed by atoms with Gasteiger partial charge in [0.2, 0.25) is 0 Å². The molecule has 0 bridgehead atoms. The molecule has 146 valence electrons. The maximum atomic E-state index is 13.3. The van der Waals surface area contributed by atoms with Gasteiger partial charge in [-0.25, -0.2) is 23.4 Å². The fourth-order valence-electron chi connectivity index (χ4n) is 2.28. The molecular weight excluding hydrogens is 399 g/mol. The number of hydrogen-bond donors (Lipinski definition) is 0. The van der Waals surface area contributed by atoms with Crippen LogP contribution in [0.4, 0.5) is 17.6 Å². The summed E-state index contributed by atoms with van der Waals surface area (Å²) in [6.07, 6.45) is 2.59. The average Bonchev–Trinajstić information content (AvgIpc) is 2.61. The maximum absolute atomic E-state index is 13.3. The van der Waals surface area contributed by atoms with E-state index in [9.17, 15) is 22.4 Å². The lowest BCUT2D eigenvalue weighted by Gasteiger charge is -2.10. The summed E-state index contributed by atoms with van der Waals surface area (Å²) >= 11 is 0. The lowest BCUT2D eigenvalue weighted by atomic mass is 10.2. The van der Waals surface area contributed by atoms with Gasteiger partial charge >= 0.3 is 6.01 Å². The Labute approximate surface area is 158 Å². The summed E-state index contributed by atoms with van der Waals surface area (Å²) in [6.45, 7) is -1.04. The molecule has 0 aliphatic heterocycles. The largest absolute Gasteiger partial charge is 0.457 e. The highest BCUT2D eigenvalue weighted by Crippen LogP contribution is 2.22. The van der Waals surface area contributed by atoms with E-state index < -0.39 is 29.5 Å². The molecule has 0 saturated heterocycles. The minimum Gasteiger partial charge on any atom is -0.457 e. The Kier molecular flexibility index (Phi) is 5.69. The lowest BCUT2D eigenvalue weighted by molar-refractivity contribution is 0.0422. The first-order valence-electron chi connectivity index (χ1n) is 7.85. The van der Waals surface area contributed by atoms with Crippen LogP contribution in [0.2, 0.25) is 0 Å². The van der Waals surface area contributed by atoms with Crippen molar-refractivity contribution in [2.75, 3.05) is 6.61 Å². The van der Waals surface area contributed by atoms with Crippen molar-refractivity contribution in [2.24, 2.45) is 0 Å². The summed E-state index contributed by atoms with van der Waals surface area (Å²) in [5.41, 5.74) is -2.65. The van der Waals surface area contributed by atoms with Gasteiger partial charge in [0.1, 0.15) is 11.6 Å². The third kappa shape index (κ3) is 5.32. The van der Waals surface area contributed by atoms with Crippen LogP contribution >= 0.6 is 9.24 Å². The third-order valence-corrected chi connectivity index (χ3v) is 3.61. The highest BCUT2D eigenvalue weighted by atomic mass is 31.0. The van der Waals surface area contributed by atoms with E-state index in [0.717, 1.165) is 22.9 Å². The first kappa shape index (κ1) is 19.9. The first-order valence-corrected chi connectivity index (χ1v) is 8.42. The summed E-state index contributed by atoms with van der Waals surface area (Å²) in [5, 5.41) is 4.13. The monoisotopic (exact) mass is 412 g/mol. The Morgan fingerprint density at radius 1 is 1.07 bits per heavy atom. The number of ether oxygens (including phenoxy) is 1. The highest BCUT2D eigenvalue weighted by molar-refractivity contribution is 7.18. The number of halogens is 4. The molecule has 2 aromatic heterocycles. The van der Waals surface area contributed by atoms with E-state index >= 15 is 0 Å². The molecule has 11 heteroatoms. The fraction of sp³-hybridized carbons (Fsp3) is 0.176. The zero-order chi connectivity index (χ0) is 20.3. The molecular formula is C17H13F4N4O2P. The number of hydrogen-bond acceptors (Lipinski definition) is 5. The summed E-state index contributed by atoms with van der Waals surface area (Å²) in [7, 11) is 1.34. The number of benzene rings is 1. The molecule has 1 unspecified atom stereocenters. The molecule has 28 heavy (non-hydrogen) atoms. The second-order valence-electron chi connectivity index (χ2n) is 5.80. The van der Waals surface area contributed by atoms with Gasteiger partial charge in [-0.1, -0.05) is 9.24 Å². The second-order valence-corrected chi connectivity index (χ2v) is 6.64. The summed E-state index contributed by atoms with van der Waals surface area (Å²) in [4.78, 5) is 19.6. The molecule has 3 rings (SSSR count). The van der Waals surface area contributed by atoms with Crippen molar-refractivity contribution >= 4 is 9.24 Å². The van der Waals surface area contributed by atoms with Crippen molar-refractivity contribution in [2.45, 2.75) is 12.2 Å². The van der Waals surface area contributed by atoms with Crippen LogP contribution in [-0.4, -0.2) is 32.0 Å².